The first kappa shape index (κ1) is 57.1. The van der Waals surface area contributed by atoms with Crippen molar-refractivity contribution in [1.29, 1.82) is 0 Å². The molecule has 0 amide bonds. The Morgan fingerprint density at radius 1 is 0.324 bits per heavy atom. The molecule has 2 atom stereocenters. The lowest BCUT2D eigenvalue weighted by Crippen LogP contribution is -2.41. The van der Waals surface area contributed by atoms with Crippen molar-refractivity contribution in [3.63, 3.8) is 0 Å². The van der Waals surface area contributed by atoms with Crippen LogP contribution in [0.2, 0.25) is 0 Å². The molecule has 0 fully saturated rings. The lowest BCUT2D eigenvalue weighted by Gasteiger charge is -2.29. The van der Waals surface area contributed by atoms with Crippen molar-refractivity contribution >= 4 is 34.1 Å². The molecule has 0 aromatic heterocycles. The Balaban J connectivity index is 1.30. The van der Waals surface area contributed by atoms with Gasteiger partial charge in [-0.1, -0.05) is 0 Å². The van der Waals surface area contributed by atoms with Crippen LogP contribution < -0.4 is 68.1 Å². The van der Waals surface area contributed by atoms with Crippen LogP contribution in [-0.4, -0.2) is 202 Å². The van der Waals surface area contributed by atoms with E-state index < -0.39 is 12.2 Å². The van der Waals surface area contributed by atoms with Gasteiger partial charge in [0.1, 0.15) is 65.1 Å². The third kappa shape index (κ3) is 17.5. The van der Waals surface area contributed by atoms with Gasteiger partial charge in [-0.05, 0) is 24.3 Å². The number of fused-ring (bicyclic) bond motifs is 4. The number of nitrogens with one attached hydrogen (secondary N) is 2. The summed E-state index contributed by atoms with van der Waals surface area (Å²) >= 11 is 0. The zero-order valence-electron chi connectivity index (χ0n) is 45.2. The molecule has 2 N–H and O–H groups in total. The maximum absolute atomic E-state index is 6.75. The van der Waals surface area contributed by atoms with Crippen LogP contribution in [0.15, 0.2) is 60.7 Å². The van der Waals surface area contributed by atoms with Gasteiger partial charge in [-0.2, -0.15) is 0 Å². The van der Waals surface area contributed by atoms with Gasteiger partial charge in [0.15, 0.2) is 46.0 Å². The van der Waals surface area contributed by atoms with E-state index in [-0.39, 0.29) is 59.5 Å². The molecule has 0 radical (unpaired) electrons. The van der Waals surface area contributed by atoms with E-state index in [1.165, 1.54) is 0 Å². The first-order chi connectivity index (χ1) is 35.9. The van der Waals surface area contributed by atoms with Crippen LogP contribution in [0.5, 0.6) is 46.0 Å². The SMILES string of the molecule is CNc1cc2c(cc1NC)OCCOC(C1COCCOc3ccc(N(C)C)cc3OCCOCCOCCOc3ccc(N(C)C)cc3OCCO1)COc1cc(N(C)C)c(N(C)C)cc1OCCOCCO2. The monoisotopic (exact) mass is 1040 g/mol. The molecular weight excluding hydrogens is 957 g/mol. The molecule has 0 saturated carbocycles. The Hall–Kier alpha value is -6.16. The molecule has 2 unspecified atom stereocenters. The maximum atomic E-state index is 6.75. The average Bonchev–Trinajstić information content (AvgIpc) is 3.39. The van der Waals surface area contributed by atoms with E-state index in [4.69, 9.17) is 66.3 Å². The summed E-state index contributed by atoms with van der Waals surface area (Å²) in [5, 5.41) is 6.45. The van der Waals surface area contributed by atoms with Crippen molar-refractivity contribution in [3.8, 4) is 46.0 Å². The topological polar surface area (TPSA) is 166 Å². The summed E-state index contributed by atoms with van der Waals surface area (Å²) in [5.41, 5.74) is 5.49. The van der Waals surface area contributed by atoms with E-state index in [0.29, 0.717) is 105 Å². The summed E-state index contributed by atoms with van der Waals surface area (Å²) in [5.74, 6) is 4.49. The Bertz CT molecular complexity index is 2290. The second-order valence-corrected chi connectivity index (χ2v) is 18.0. The number of benzene rings is 4. The van der Waals surface area contributed by atoms with Crippen molar-refractivity contribution in [2.24, 2.45) is 0 Å². The summed E-state index contributed by atoms with van der Waals surface area (Å²) in [6, 6.07) is 19.4. The largest absolute Gasteiger partial charge is 0.487 e. The molecule has 4 aromatic rings. The first-order valence-electron chi connectivity index (χ1n) is 25.2. The minimum absolute atomic E-state index is 0.0507. The Labute approximate surface area is 437 Å². The van der Waals surface area contributed by atoms with Crippen molar-refractivity contribution < 1.29 is 66.3 Å². The molecule has 410 valence electrons. The van der Waals surface area contributed by atoms with Crippen molar-refractivity contribution in [2.45, 2.75) is 12.2 Å². The van der Waals surface area contributed by atoms with Crippen molar-refractivity contribution in [3.05, 3.63) is 60.7 Å². The average molecular weight is 1040 g/mol. The molecule has 0 spiro atoms. The van der Waals surface area contributed by atoms with E-state index in [1.807, 2.05) is 151 Å². The van der Waals surface area contributed by atoms with Crippen molar-refractivity contribution in [2.75, 3.05) is 220 Å². The fourth-order valence-corrected chi connectivity index (χ4v) is 7.77. The number of hydrogen-bond acceptors (Lipinski definition) is 20. The second-order valence-electron chi connectivity index (χ2n) is 18.0. The van der Waals surface area contributed by atoms with Gasteiger partial charge in [0.05, 0.1) is 88.8 Å². The smallest absolute Gasteiger partial charge is 0.163 e. The third-order valence-corrected chi connectivity index (χ3v) is 11.8. The van der Waals surface area contributed by atoms with Gasteiger partial charge in [0.2, 0.25) is 0 Å². The molecule has 6 rings (SSSR count). The summed E-state index contributed by atoms with van der Waals surface area (Å²) in [6.45, 7) is 4.66. The number of hydrogen-bond donors (Lipinski definition) is 2. The van der Waals surface area contributed by atoms with Gasteiger partial charge >= 0.3 is 0 Å². The Morgan fingerprint density at radius 2 is 0.649 bits per heavy atom. The molecule has 20 nitrogen and oxygen atoms in total. The molecular formula is C54H80N6O14. The minimum Gasteiger partial charge on any atom is -0.487 e. The fraction of sp³-hybridized carbons (Fsp3) is 0.556. The highest BCUT2D eigenvalue weighted by Crippen LogP contribution is 2.41. The normalized spacial score (nSPS) is 18.5. The maximum Gasteiger partial charge on any atom is 0.163 e. The Morgan fingerprint density at radius 3 is 1.04 bits per heavy atom. The van der Waals surface area contributed by atoms with E-state index in [0.717, 1.165) is 34.1 Å². The van der Waals surface area contributed by atoms with Crippen LogP contribution in [0.3, 0.4) is 0 Å². The predicted molar refractivity (Wildman–Crippen MR) is 289 cm³/mol. The third-order valence-electron chi connectivity index (χ3n) is 11.8. The highest BCUT2D eigenvalue weighted by molar-refractivity contribution is 5.76. The predicted octanol–water partition coefficient (Wildman–Crippen LogP) is 6.03. The highest BCUT2D eigenvalue weighted by Gasteiger charge is 2.27. The van der Waals surface area contributed by atoms with E-state index in [1.54, 1.807) is 0 Å². The summed E-state index contributed by atoms with van der Waals surface area (Å²) in [6.07, 6.45) is -1.37. The summed E-state index contributed by atoms with van der Waals surface area (Å²) < 4.78 is 88.2. The molecule has 0 bridgehead atoms. The molecule has 0 aliphatic carbocycles. The van der Waals surface area contributed by atoms with E-state index in [2.05, 4.69) is 10.6 Å². The standard InChI is InChI=1S/C54H80N6O14/c1-55-41-33-49-50(34-42(41)56-2)71-28-30-73-54(38-74-52-36-44(60(9)10)43(59(7)8)35-51(52)69-25-20-63-19-24-68-49)53-37-64-21-26-66-45-13-11-39(57(3)4)31-47(45)67-23-18-62-16-15-61-17-22-65-46-14-12-40(58(5)6)32-48(46)70-27-29-72-53/h11-14,31-36,53-56H,15-30,37-38H2,1-10H3. The quantitative estimate of drug-likeness (QED) is 0.220. The minimum atomic E-state index is -0.698. The van der Waals surface area contributed by atoms with Gasteiger partial charge in [-0.3, -0.25) is 0 Å². The fourth-order valence-electron chi connectivity index (χ4n) is 7.77. The van der Waals surface area contributed by atoms with Crippen LogP contribution in [0.25, 0.3) is 0 Å². The Kier molecular flexibility index (Phi) is 23.4. The lowest BCUT2D eigenvalue weighted by molar-refractivity contribution is -0.123. The summed E-state index contributed by atoms with van der Waals surface area (Å²) in [4.78, 5) is 8.08. The zero-order valence-corrected chi connectivity index (χ0v) is 45.2. The number of nitrogens with zero attached hydrogens (tertiary/aromatic N) is 4. The number of ether oxygens (including phenoxy) is 14. The molecule has 2 aliphatic heterocycles. The molecule has 2 heterocycles. The van der Waals surface area contributed by atoms with Crippen LogP contribution in [0, 0.1) is 0 Å². The summed E-state index contributed by atoms with van der Waals surface area (Å²) in [7, 11) is 19.6. The molecule has 2 aliphatic rings. The van der Waals surface area contributed by atoms with Gasteiger partial charge in [0.25, 0.3) is 0 Å². The highest BCUT2D eigenvalue weighted by atomic mass is 16.6. The number of anilines is 6. The van der Waals surface area contributed by atoms with Gasteiger partial charge in [0, 0.05) is 118 Å². The van der Waals surface area contributed by atoms with Gasteiger partial charge in [-0.25, -0.2) is 0 Å². The van der Waals surface area contributed by atoms with Gasteiger partial charge < -0.3 is 96.5 Å². The first-order valence-corrected chi connectivity index (χ1v) is 25.2. The van der Waals surface area contributed by atoms with Crippen LogP contribution in [-0.2, 0) is 28.4 Å². The second kappa shape index (κ2) is 30.3. The molecule has 74 heavy (non-hydrogen) atoms. The zero-order chi connectivity index (χ0) is 52.7. The molecule has 20 heteroatoms. The van der Waals surface area contributed by atoms with E-state index in [9.17, 15) is 0 Å². The van der Waals surface area contributed by atoms with E-state index >= 15 is 0 Å². The van der Waals surface area contributed by atoms with Crippen LogP contribution >= 0.6 is 0 Å². The lowest BCUT2D eigenvalue weighted by atomic mass is 10.2. The van der Waals surface area contributed by atoms with Gasteiger partial charge in [-0.15, -0.1) is 0 Å². The van der Waals surface area contributed by atoms with Crippen LogP contribution in [0.4, 0.5) is 34.1 Å². The molecule has 0 saturated heterocycles. The van der Waals surface area contributed by atoms with Crippen LogP contribution in [0.1, 0.15) is 0 Å². The number of rotatable bonds is 7. The molecule has 4 aromatic carbocycles. The van der Waals surface area contributed by atoms with Crippen molar-refractivity contribution in [1.82, 2.24) is 0 Å².